The van der Waals surface area contributed by atoms with E-state index in [0.29, 0.717) is 43.6 Å². The summed E-state index contributed by atoms with van der Waals surface area (Å²) in [6.07, 6.45) is 9.84. The number of methoxy groups -OCH3 is 1. The Labute approximate surface area is 233 Å². The molecule has 212 valence electrons. The third-order valence-corrected chi connectivity index (χ3v) is 11.0. The molecule has 6 atom stereocenters. The number of hydrogen-bond acceptors (Lipinski definition) is 5. The highest BCUT2D eigenvalue weighted by atomic mass is 35.5. The predicted octanol–water partition coefficient (Wildman–Crippen LogP) is 4.74. The van der Waals surface area contributed by atoms with Gasteiger partial charge in [-0.1, -0.05) is 23.7 Å². The number of hydrogen-bond donors (Lipinski definition) is 3. The number of aliphatic hydroxyl groups is 2. The van der Waals surface area contributed by atoms with E-state index in [0.717, 1.165) is 55.9 Å². The Balaban J connectivity index is 1.27. The Morgan fingerprint density at radius 1 is 1.26 bits per heavy atom. The molecule has 4 bridgehead atoms. The van der Waals surface area contributed by atoms with E-state index >= 15 is 0 Å². The molecule has 0 radical (unpaired) electrons. The van der Waals surface area contributed by atoms with Crippen molar-refractivity contribution in [1.82, 2.24) is 4.90 Å². The number of nitrogens with zero attached hydrogens (tertiary/aromatic N) is 1. The Kier molecular flexibility index (Phi) is 8.76. The lowest BCUT2D eigenvalue weighted by molar-refractivity contribution is -0.140. The maximum atomic E-state index is 13.7. The number of carbonyl (C=O) groups is 1. The minimum atomic E-state index is -1.06. The van der Waals surface area contributed by atoms with Crippen LogP contribution in [-0.4, -0.2) is 60.5 Å². The molecule has 4 saturated carbocycles. The van der Waals surface area contributed by atoms with Crippen LogP contribution in [0.3, 0.4) is 0 Å². The van der Waals surface area contributed by atoms with Crippen LogP contribution in [0.4, 0.5) is 0 Å². The van der Waals surface area contributed by atoms with Gasteiger partial charge in [-0.05, 0) is 112 Å². The van der Waals surface area contributed by atoms with Gasteiger partial charge in [-0.15, -0.1) is 0 Å². The molecule has 1 heterocycles. The van der Waals surface area contributed by atoms with Crippen molar-refractivity contribution < 1.29 is 19.7 Å². The van der Waals surface area contributed by atoms with Crippen LogP contribution >= 0.6 is 11.6 Å². The third kappa shape index (κ3) is 5.41. The van der Waals surface area contributed by atoms with Crippen LogP contribution in [0.2, 0.25) is 5.02 Å². The van der Waals surface area contributed by atoms with Crippen LogP contribution in [-0.2, 0) is 15.1 Å². The molecule has 1 aromatic carbocycles. The molecule has 6 rings (SSSR count). The van der Waals surface area contributed by atoms with Gasteiger partial charge in [0.15, 0.2) is 0 Å². The van der Waals surface area contributed by atoms with Crippen molar-refractivity contribution in [1.29, 1.82) is 0 Å². The monoisotopic (exact) mass is 546 g/mol. The predicted molar refractivity (Wildman–Crippen MR) is 150 cm³/mol. The standard InChI is InChI=1S/C31H47ClN2O4/c1-38-11-3-2-9-31(37,24-6-4-8-27(32)16-24)25-7-5-10-34(20-25)28(35)15-23(19-33)29(36)30-17-21-12-22(18-30)14-26(30)13-21/h4,6,8,16,21-23,25-26,29,36-37H,2-3,5,7,9-15,17-20,33H2,1H3/t21?,22?,23-,25-,26?,29-,30?,31-/m1/s1. The molecule has 4 aliphatic carbocycles. The minimum Gasteiger partial charge on any atom is -0.392 e. The number of unbranched alkanes of at least 4 members (excludes halogenated alkanes) is 1. The smallest absolute Gasteiger partial charge is 0.223 e. The van der Waals surface area contributed by atoms with Crippen molar-refractivity contribution in [2.75, 3.05) is 33.4 Å². The lowest BCUT2D eigenvalue weighted by Gasteiger charge is -2.44. The zero-order valence-electron chi connectivity index (χ0n) is 23.0. The van der Waals surface area contributed by atoms with Gasteiger partial charge in [0.2, 0.25) is 5.91 Å². The number of rotatable bonds is 12. The zero-order valence-corrected chi connectivity index (χ0v) is 23.7. The van der Waals surface area contributed by atoms with E-state index in [-0.39, 0.29) is 29.6 Å². The Morgan fingerprint density at radius 2 is 2.03 bits per heavy atom. The lowest BCUT2D eigenvalue weighted by atomic mass is 9.67. The van der Waals surface area contributed by atoms with Crippen LogP contribution < -0.4 is 5.73 Å². The van der Waals surface area contributed by atoms with Crippen LogP contribution in [0.5, 0.6) is 0 Å². The SMILES string of the molecule is COCCCC[C@@](O)(c1cccc(Cl)c1)[C@@H]1CCCN(C(=O)C[C@H](CN)[C@@H](O)C23CC4CC(CC2C4)C3)C1. The van der Waals surface area contributed by atoms with Gasteiger partial charge in [0.05, 0.1) is 11.7 Å². The summed E-state index contributed by atoms with van der Waals surface area (Å²) in [5, 5.41) is 24.4. The molecule has 6 nitrogen and oxygen atoms in total. The summed E-state index contributed by atoms with van der Waals surface area (Å²) in [7, 11) is 1.70. The molecule has 1 saturated heterocycles. The fourth-order valence-electron chi connectivity index (χ4n) is 9.07. The van der Waals surface area contributed by atoms with Gasteiger partial charge in [-0.25, -0.2) is 0 Å². The molecule has 2 unspecified atom stereocenters. The summed E-state index contributed by atoms with van der Waals surface area (Å²) in [6.45, 7) is 2.20. The first-order valence-corrected chi connectivity index (χ1v) is 15.3. The highest BCUT2D eigenvalue weighted by Crippen LogP contribution is 2.67. The van der Waals surface area contributed by atoms with Crippen molar-refractivity contribution in [2.45, 2.75) is 82.3 Å². The van der Waals surface area contributed by atoms with Crippen molar-refractivity contribution >= 4 is 17.5 Å². The number of amides is 1. The van der Waals surface area contributed by atoms with Crippen molar-refractivity contribution in [3.63, 3.8) is 0 Å². The van der Waals surface area contributed by atoms with E-state index < -0.39 is 11.7 Å². The summed E-state index contributed by atoms with van der Waals surface area (Å²) in [5.41, 5.74) is 5.96. The minimum absolute atomic E-state index is 0.0165. The van der Waals surface area contributed by atoms with Crippen LogP contribution in [0.1, 0.15) is 76.2 Å². The second kappa shape index (κ2) is 11.7. The van der Waals surface area contributed by atoms with Gasteiger partial charge in [0, 0.05) is 50.1 Å². The second-order valence-electron chi connectivity index (χ2n) is 13.0. The molecule has 0 aromatic heterocycles. The van der Waals surface area contributed by atoms with Gasteiger partial charge < -0.3 is 25.6 Å². The molecule has 1 aliphatic heterocycles. The number of benzene rings is 1. The molecular weight excluding hydrogens is 500 g/mol. The van der Waals surface area contributed by atoms with E-state index in [1.807, 2.05) is 29.2 Å². The first kappa shape index (κ1) is 28.4. The third-order valence-electron chi connectivity index (χ3n) is 10.8. The molecule has 1 amide bonds. The number of likely N-dealkylation sites (tertiary alicyclic amines) is 1. The van der Waals surface area contributed by atoms with Gasteiger partial charge in [-0.3, -0.25) is 4.79 Å². The Morgan fingerprint density at radius 3 is 2.71 bits per heavy atom. The van der Waals surface area contributed by atoms with Crippen LogP contribution in [0, 0.1) is 35.0 Å². The molecule has 4 N–H and O–H groups in total. The molecule has 0 spiro atoms. The number of halogens is 1. The zero-order chi connectivity index (χ0) is 26.9. The Hall–Kier alpha value is -1.18. The quantitative estimate of drug-likeness (QED) is 0.329. The van der Waals surface area contributed by atoms with E-state index in [4.69, 9.17) is 22.1 Å². The number of piperidine rings is 1. The van der Waals surface area contributed by atoms with Gasteiger partial charge in [-0.2, -0.15) is 0 Å². The lowest BCUT2D eigenvalue weighted by Crippen LogP contribution is -2.50. The maximum Gasteiger partial charge on any atom is 0.223 e. The second-order valence-corrected chi connectivity index (χ2v) is 13.4. The van der Waals surface area contributed by atoms with Crippen LogP contribution in [0.25, 0.3) is 0 Å². The maximum absolute atomic E-state index is 13.7. The normalized spacial score (nSPS) is 33.3. The average molecular weight is 547 g/mol. The Bertz CT molecular complexity index is 961. The summed E-state index contributed by atoms with van der Waals surface area (Å²) in [4.78, 5) is 15.6. The van der Waals surface area contributed by atoms with Crippen molar-refractivity contribution in [3.05, 3.63) is 34.9 Å². The summed E-state index contributed by atoms with van der Waals surface area (Å²) >= 11 is 6.33. The van der Waals surface area contributed by atoms with E-state index in [9.17, 15) is 15.0 Å². The molecule has 5 fully saturated rings. The molecule has 5 aliphatic rings. The van der Waals surface area contributed by atoms with E-state index in [1.165, 1.54) is 19.3 Å². The van der Waals surface area contributed by atoms with Crippen molar-refractivity contribution in [2.24, 2.45) is 40.7 Å². The number of nitrogens with two attached hydrogens (primary N) is 1. The van der Waals surface area contributed by atoms with E-state index in [2.05, 4.69) is 0 Å². The largest absolute Gasteiger partial charge is 0.392 e. The highest BCUT2D eigenvalue weighted by molar-refractivity contribution is 6.30. The fourth-order valence-corrected chi connectivity index (χ4v) is 9.26. The summed E-state index contributed by atoms with van der Waals surface area (Å²) < 4.78 is 5.23. The molecule has 7 heteroatoms. The van der Waals surface area contributed by atoms with Gasteiger partial charge in [0.1, 0.15) is 0 Å². The molecular formula is C31H47ClN2O4. The van der Waals surface area contributed by atoms with Gasteiger partial charge >= 0.3 is 0 Å². The highest BCUT2D eigenvalue weighted by Gasteiger charge is 2.61. The first-order chi connectivity index (χ1) is 18.3. The fraction of sp³-hybridized carbons (Fsp3) is 0.774. The topological polar surface area (TPSA) is 96.0 Å². The van der Waals surface area contributed by atoms with Gasteiger partial charge in [0.25, 0.3) is 0 Å². The average Bonchev–Trinajstić information content (AvgIpc) is 3.33. The van der Waals surface area contributed by atoms with Crippen molar-refractivity contribution in [3.8, 4) is 0 Å². The number of ether oxygens (including phenoxy) is 1. The molecule has 1 aromatic rings. The van der Waals surface area contributed by atoms with Crippen LogP contribution in [0.15, 0.2) is 24.3 Å². The number of aliphatic hydroxyl groups excluding tert-OH is 1. The first-order valence-electron chi connectivity index (χ1n) is 14.9. The summed E-state index contributed by atoms with van der Waals surface area (Å²) in [6, 6.07) is 7.53. The molecule has 38 heavy (non-hydrogen) atoms. The number of carbonyl (C=O) groups excluding carboxylic acids is 1. The summed E-state index contributed by atoms with van der Waals surface area (Å²) in [5.74, 6) is 1.89. The van der Waals surface area contributed by atoms with E-state index in [1.54, 1.807) is 7.11 Å².